The first-order valence-corrected chi connectivity index (χ1v) is 14.1. The number of ether oxygens (including phenoxy) is 1. The van der Waals surface area contributed by atoms with Crippen LogP contribution in [-0.4, -0.2) is 64.2 Å². The summed E-state index contributed by atoms with van der Waals surface area (Å²) in [7, 11) is 0. The Morgan fingerprint density at radius 1 is 1.14 bits per heavy atom. The topological polar surface area (TPSA) is 108 Å². The average molecular weight is 514 g/mol. The number of hydrogen-bond donors (Lipinski definition) is 3. The van der Waals surface area contributed by atoms with E-state index < -0.39 is 35.1 Å². The van der Waals surface area contributed by atoms with Crippen molar-refractivity contribution < 1.29 is 24.2 Å². The maximum Gasteiger partial charge on any atom is 0.245 e. The van der Waals surface area contributed by atoms with Gasteiger partial charge in [0.15, 0.2) is 0 Å². The number of carbonyl (C=O) groups excluding carboxylic acids is 3. The van der Waals surface area contributed by atoms with Gasteiger partial charge in [0, 0.05) is 12.2 Å². The number of fused-ring (bicyclic) bond motifs is 1. The van der Waals surface area contributed by atoms with Crippen molar-refractivity contribution in [3.63, 3.8) is 0 Å². The number of para-hydroxylation sites is 1. The minimum absolute atomic E-state index is 0.0199. The Balaban J connectivity index is 1.73. The van der Waals surface area contributed by atoms with E-state index in [0.29, 0.717) is 31.5 Å². The van der Waals surface area contributed by atoms with E-state index in [1.165, 1.54) is 0 Å². The molecule has 3 aliphatic rings. The molecular weight excluding hydrogens is 470 g/mol. The summed E-state index contributed by atoms with van der Waals surface area (Å²) in [4.78, 5) is 43.5. The van der Waals surface area contributed by atoms with Crippen LogP contribution in [0.15, 0.2) is 30.3 Å². The van der Waals surface area contributed by atoms with Crippen LogP contribution in [0.25, 0.3) is 0 Å². The summed E-state index contributed by atoms with van der Waals surface area (Å²) in [5.74, 6) is -2.25. The van der Waals surface area contributed by atoms with E-state index in [-0.39, 0.29) is 30.2 Å². The van der Waals surface area contributed by atoms with Gasteiger partial charge in [-0.15, -0.1) is 0 Å². The molecule has 2 bridgehead atoms. The first kappa shape index (κ1) is 27.6. The molecule has 7 atom stereocenters. The first-order chi connectivity index (χ1) is 17.8. The Morgan fingerprint density at radius 3 is 2.49 bits per heavy atom. The molecule has 0 aromatic heterocycles. The molecule has 3 amide bonds. The van der Waals surface area contributed by atoms with Gasteiger partial charge in [-0.1, -0.05) is 65.2 Å². The van der Waals surface area contributed by atoms with E-state index in [1.807, 2.05) is 51.1 Å². The molecule has 3 heterocycles. The molecule has 204 valence electrons. The molecule has 4 rings (SSSR count). The predicted molar refractivity (Wildman–Crippen MR) is 142 cm³/mol. The van der Waals surface area contributed by atoms with E-state index in [1.54, 1.807) is 4.90 Å². The Bertz CT molecular complexity index is 987. The van der Waals surface area contributed by atoms with Crippen LogP contribution < -0.4 is 10.6 Å². The van der Waals surface area contributed by atoms with Gasteiger partial charge in [0.05, 0.1) is 30.1 Å². The molecule has 3 fully saturated rings. The summed E-state index contributed by atoms with van der Waals surface area (Å²) in [5.41, 5.74) is -1.21. The van der Waals surface area contributed by atoms with Crippen LogP contribution in [0, 0.1) is 17.8 Å². The zero-order chi connectivity index (χ0) is 26.8. The largest absolute Gasteiger partial charge is 0.394 e. The van der Waals surface area contributed by atoms with Crippen LogP contribution in [0.4, 0.5) is 5.69 Å². The normalized spacial score (nSPS) is 31.8. The second-order valence-corrected chi connectivity index (χ2v) is 11.1. The number of nitrogens with one attached hydrogen (secondary N) is 2. The van der Waals surface area contributed by atoms with Gasteiger partial charge in [-0.05, 0) is 43.7 Å². The minimum atomic E-state index is -1.08. The zero-order valence-electron chi connectivity index (χ0n) is 22.7. The molecule has 0 radical (unpaired) electrons. The summed E-state index contributed by atoms with van der Waals surface area (Å²) < 4.78 is 6.80. The molecular formula is C29H43N3O5. The Kier molecular flexibility index (Phi) is 8.29. The fourth-order valence-corrected chi connectivity index (χ4v) is 6.95. The Labute approximate surface area is 220 Å². The summed E-state index contributed by atoms with van der Waals surface area (Å²) in [5, 5.41) is 16.5. The summed E-state index contributed by atoms with van der Waals surface area (Å²) in [6.07, 6.45) is 5.37. The van der Waals surface area contributed by atoms with Crippen molar-refractivity contribution in [3.8, 4) is 0 Å². The minimum Gasteiger partial charge on any atom is -0.394 e. The first-order valence-electron chi connectivity index (χ1n) is 14.1. The van der Waals surface area contributed by atoms with Gasteiger partial charge in [-0.2, -0.15) is 0 Å². The molecule has 3 N–H and O–H groups in total. The lowest BCUT2D eigenvalue weighted by Crippen LogP contribution is -2.59. The van der Waals surface area contributed by atoms with E-state index in [0.717, 1.165) is 25.7 Å². The number of carbonyl (C=O) groups is 3. The molecule has 8 nitrogen and oxygen atoms in total. The number of unbranched alkanes of at least 4 members (excludes halogenated alkanes) is 2. The molecule has 0 saturated carbocycles. The van der Waals surface area contributed by atoms with Crippen molar-refractivity contribution in [1.29, 1.82) is 0 Å². The highest BCUT2D eigenvalue weighted by atomic mass is 16.5. The number of aliphatic hydroxyl groups is 1. The van der Waals surface area contributed by atoms with Crippen LogP contribution in [0.1, 0.15) is 72.6 Å². The van der Waals surface area contributed by atoms with Crippen molar-refractivity contribution in [2.24, 2.45) is 17.8 Å². The quantitative estimate of drug-likeness (QED) is 0.371. The molecule has 37 heavy (non-hydrogen) atoms. The van der Waals surface area contributed by atoms with Gasteiger partial charge in [-0.3, -0.25) is 14.4 Å². The second-order valence-electron chi connectivity index (χ2n) is 11.1. The van der Waals surface area contributed by atoms with E-state index in [4.69, 9.17) is 4.74 Å². The van der Waals surface area contributed by atoms with E-state index >= 15 is 0 Å². The maximum atomic E-state index is 14.3. The lowest BCUT2D eigenvalue weighted by atomic mass is 9.65. The number of benzene rings is 1. The Morgan fingerprint density at radius 2 is 1.86 bits per heavy atom. The van der Waals surface area contributed by atoms with Crippen molar-refractivity contribution in [2.45, 2.75) is 95.9 Å². The SMILES string of the molecule is CCCCCNC(=O)C1N([C@@H](CO)[C@@H](C)CC)C(=O)[C@@H]2[C@H](C(=O)Nc3ccccc3)[C@]3(CC)CCC12O3. The zero-order valence-corrected chi connectivity index (χ0v) is 22.7. The van der Waals surface area contributed by atoms with Gasteiger partial charge >= 0.3 is 0 Å². The highest BCUT2D eigenvalue weighted by molar-refractivity contribution is 6.02. The number of likely N-dealkylation sites (tertiary alicyclic amines) is 1. The Hall–Kier alpha value is -2.45. The highest BCUT2D eigenvalue weighted by Crippen LogP contribution is 2.64. The average Bonchev–Trinajstić information content (AvgIpc) is 3.51. The number of aliphatic hydroxyl groups excluding tert-OH is 1. The van der Waals surface area contributed by atoms with Crippen molar-refractivity contribution in [3.05, 3.63) is 30.3 Å². The van der Waals surface area contributed by atoms with Crippen LogP contribution >= 0.6 is 0 Å². The van der Waals surface area contributed by atoms with Crippen LogP contribution in [-0.2, 0) is 19.1 Å². The van der Waals surface area contributed by atoms with Crippen molar-refractivity contribution in [1.82, 2.24) is 10.2 Å². The fourth-order valence-electron chi connectivity index (χ4n) is 6.95. The third-order valence-corrected chi connectivity index (χ3v) is 9.12. The van der Waals surface area contributed by atoms with E-state index in [2.05, 4.69) is 17.6 Å². The van der Waals surface area contributed by atoms with Crippen LogP contribution in [0.3, 0.4) is 0 Å². The third-order valence-electron chi connectivity index (χ3n) is 9.12. The molecule has 3 aliphatic heterocycles. The standard InChI is InChI=1S/C29H43N3O5/c1-5-8-12-17-30-26(35)24-29-16-15-28(7-3,37-29)22(25(34)31-20-13-10-9-11-14-20)23(29)27(36)32(24)21(18-33)19(4)6-2/h9-11,13-14,19,21-24,33H,5-8,12,15-18H2,1-4H3,(H,30,35)(H,31,34)/t19-,21-,22+,23-,24?,28-,29?/m0/s1. The maximum absolute atomic E-state index is 14.3. The molecule has 1 aromatic carbocycles. The number of anilines is 1. The molecule has 0 aliphatic carbocycles. The lowest BCUT2D eigenvalue weighted by molar-refractivity contribution is -0.151. The van der Waals surface area contributed by atoms with Gasteiger partial charge in [0.2, 0.25) is 17.7 Å². The number of hydrogen-bond acceptors (Lipinski definition) is 5. The molecule has 1 aromatic rings. The van der Waals surface area contributed by atoms with Gasteiger partial charge in [-0.25, -0.2) is 0 Å². The molecule has 3 saturated heterocycles. The second kappa shape index (κ2) is 11.1. The number of nitrogens with zero attached hydrogens (tertiary/aromatic N) is 1. The van der Waals surface area contributed by atoms with Crippen LogP contribution in [0.5, 0.6) is 0 Å². The molecule has 2 unspecified atom stereocenters. The van der Waals surface area contributed by atoms with Crippen molar-refractivity contribution >= 4 is 23.4 Å². The third kappa shape index (κ3) is 4.56. The molecule has 8 heteroatoms. The summed E-state index contributed by atoms with van der Waals surface area (Å²) >= 11 is 0. The highest BCUT2D eigenvalue weighted by Gasteiger charge is 2.79. The predicted octanol–water partition coefficient (Wildman–Crippen LogP) is 3.49. The summed E-state index contributed by atoms with van der Waals surface area (Å²) in [6.45, 7) is 8.37. The van der Waals surface area contributed by atoms with E-state index in [9.17, 15) is 19.5 Å². The monoisotopic (exact) mass is 513 g/mol. The lowest BCUT2D eigenvalue weighted by Gasteiger charge is -2.39. The number of rotatable bonds is 12. The van der Waals surface area contributed by atoms with Crippen molar-refractivity contribution in [2.75, 3.05) is 18.5 Å². The summed E-state index contributed by atoms with van der Waals surface area (Å²) in [6, 6.07) is 7.82. The van der Waals surface area contributed by atoms with Crippen LogP contribution in [0.2, 0.25) is 0 Å². The number of amides is 3. The van der Waals surface area contributed by atoms with Gasteiger partial charge in [0.1, 0.15) is 11.6 Å². The molecule has 1 spiro atoms. The fraction of sp³-hybridized carbons (Fsp3) is 0.690. The van der Waals surface area contributed by atoms with Gasteiger partial charge < -0.3 is 25.4 Å². The van der Waals surface area contributed by atoms with Gasteiger partial charge in [0.25, 0.3) is 0 Å². The smallest absolute Gasteiger partial charge is 0.245 e.